The van der Waals surface area contributed by atoms with Crippen LogP contribution >= 0.6 is 11.3 Å². The first-order valence-electron chi connectivity index (χ1n) is 11.5. The molecule has 0 spiro atoms. The quantitative estimate of drug-likeness (QED) is 0.788. The Morgan fingerprint density at radius 2 is 1.79 bits per heavy atom. The Kier molecular flexibility index (Phi) is 4.31. The van der Waals surface area contributed by atoms with Crippen molar-refractivity contribution >= 4 is 23.3 Å². The van der Waals surface area contributed by atoms with Crippen molar-refractivity contribution in [2.45, 2.75) is 69.4 Å². The molecule has 2 heterocycles. The highest BCUT2D eigenvalue weighted by Crippen LogP contribution is 2.55. The molecule has 5 nitrogen and oxygen atoms in total. The fourth-order valence-corrected chi connectivity index (χ4v) is 8.34. The summed E-state index contributed by atoms with van der Waals surface area (Å²) in [6.07, 6.45) is 10.9. The van der Waals surface area contributed by atoms with Crippen molar-refractivity contribution in [2.75, 3.05) is 13.1 Å². The Morgan fingerprint density at radius 3 is 2.45 bits per heavy atom. The van der Waals surface area contributed by atoms with E-state index >= 15 is 0 Å². The van der Waals surface area contributed by atoms with E-state index in [-0.39, 0.29) is 17.5 Å². The van der Waals surface area contributed by atoms with E-state index in [0.29, 0.717) is 18.5 Å². The first-order valence-corrected chi connectivity index (χ1v) is 12.4. The summed E-state index contributed by atoms with van der Waals surface area (Å²) in [6, 6.07) is 2.34. The van der Waals surface area contributed by atoms with Crippen molar-refractivity contribution in [3.8, 4) is 0 Å². The number of hydrogen-bond donors (Lipinski definition) is 2. The van der Waals surface area contributed by atoms with Crippen molar-refractivity contribution in [3.05, 3.63) is 21.9 Å². The standard InChI is InChI=1S/C23H31N3O2S/c27-20(13-26-5-3-19-18(4-6-29-19)21(26)17-1-2-17)24-22(28)25-23-10-14-7-15(11-23)9-16(8-14)12-23/h4,6,14-17,21H,1-3,5,7-13H2,(H2,24,25,27,28)/t14?,15?,16?,21-,23?/m1/s1. The molecule has 2 N–H and O–H groups in total. The molecule has 0 unspecified atom stereocenters. The minimum absolute atomic E-state index is 0.0492. The SMILES string of the molecule is O=C(CN1CCc2sccc2[C@H]1C1CC1)NC(=O)NC12CC3CC(CC(C3)C1)C2. The summed E-state index contributed by atoms with van der Waals surface area (Å²) in [5.74, 6) is 2.87. The van der Waals surface area contributed by atoms with E-state index in [9.17, 15) is 9.59 Å². The Morgan fingerprint density at radius 1 is 1.10 bits per heavy atom. The molecule has 0 aromatic carbocycles. The zero-order valence-corrected chi connectivity index (χ0v) is 17.8. The number of hydrogen-bond acceptors (Lipinski definition) is 4. The Labute approximate surface area is 176 Å². The minimum Gasteiger partial charge on any atom is -0.332 e. The van der Waals surface area contributed by atoms with E-state index in [2.05, 4.69) is 27.0 Å². The van der Waals surface area contributed by atoms with E-state index in [4.69, 9.17) is 0 Å². The van der Waals surface area contributed by atoms with E-state index in [1.54, 1.807) is 0 Å². The molecule has 1 aliphatic heterocycles. The fraction of sp³-hybridized carbons (Fsp3) is 0.739. The van der Waals surface area contributed by atoms with Gasteiger partial charge in [-0.15, -0.1) is 11.3 Å². The lowest BCUT2D eigenvalue weighted by Gasteiger charge is -2.56. The zero-order chi connectivity index (χ0) is 19.6. The molecule has 29 heavy (non-hydrogen) atoms. The van der Waals surface area contributed by atoms with Crippen LogP contribution < -0.4 is 10.6 Å². The van der Waals surface area contributed by atoms with Gasteiger partial charge in [-0.05, 0) is 98.5 Å². The molecular formula is C23H31N3O2S. The van der Waals surface area contributed by atoms with Crippen molar-refractivity contribution < 1.29 is 9.59 Å². The van der Waals surface area contributed by atoms with Gasteiger partial charge in [0.15, 0.2) is 0 Å². The topological polar surface area (TPSA) is 61.4 Å². The van der Waals surface area contributed by atoms with Gasteiger partial charge >= 0.3 is 6.03 Å². The maximum absolute atomic E-state index is 12.7. The van der Waals surface area contributed by atoms with E-state index in [1.807, 2.05) is 11.3 Å². The second-order valence-electron chi connectivity index (χ2n) is 10.5. The van der Waals surface area contributed by atoms with Crippen LogP contribution in [0, 0.1) is 23.7 Å². The molecule has 5 fully saturated rings. The van der Waals surface area contributed by atoms with E-state index in [0.717, 1.165) is 50.0 Å². The summed E-state index contributed by atoms with van der Waals surface area (Å²) in [5.41, 5.74) is 1.38. The van der Waals surface area contributed by atoms with Crippen molar-refractivity contribution in [2.24, 2.45) is 23.7 Å². The van der Waals surface area contributed by atoms with Crippen LogP contribution in [0.1, 0.15) is 67.8 Å². The average molecular weight is 414 g/mol. The molecular weight excluding hydrogens is 382 g/mol. The molecule has 6 heteroatoms. The average Bonchev–Trinajstić information content (AvgIpc) is 3.35. The predicted molar refractivity (Wildman–Crippen MR) is 113 cm³/mol. The number of carbonyl (C=O) groups excluding carboxylic acids is 2. The predicted octanol–water partition coefficient (Wildman–Crippen LogP) is 3.85. The van der Waals surface area contributed by atoms with Crippen LogP contribution in [0.25, 0.3) is 0 Å². The molecule has 5 saturated carbocycles. The van der Waals surface area contributed by atoms with Gasteiger partial charge in [0.05, 0.1) is 6.54 Å². The lowest BCUT2D eigenvalue weighted by atomic mass is 9.53. The lowest BCUT2D eigenvalue weighted by molar-refractivity contribution is -0.122. The molecule has 0 saturated heterocycles. The van der Waals surface area contributed by atoms with Gasteiger partial charge in [0.1, 0.15) is 0 Å². The molecule has 3 amide bonds. The van der Waals surface area contributed by atoms with Gasteiger partial charge < -0.3 is 5.32 Å². The number of fused-ring (bicyclic) bond motifs is 1. The smallest absolute Gasteiger partial charge is 0.321 e. The monoisotopic (exact) mass is 413 g/mol. The number of carbonyl (C=O) groups is 2. The first-order chi connectivity index (χ1) is 14.1. The van der Waals surface area contributed by atoms with Crippen molar-refractivity contribution in [1.29, 1.82) is 0 Å². The van der Waals surface area contributed by atoms with Crippen LogP contribution in [0.3, 0.4) is 0 Å². The molecule has 6 aliphatic rings. The highest BCUT2D eigenvalue weighted by molar-refractivity contribution is 7.10. The second-order valence-corrected chi connectivity index (χ2v) is 11.5. The fourth-order valence-electron chi connectivity index (χ4n) is 7.43. The number of amides is 3. The molecule has 5 aliphatic carbocycles. The molecule has 1 aromatic heterocycles. The first kappa shape index (κ1) is 18.4. The van der Waals surface area contributed by atoms with Gasteiger partial charge in [-0.2, -0.15) is 0 Å². The number of urea groups is 1. The minimum atomic E-state index is -0.270. The number of thiophene rings is 1. The van der Waals surface area contributed by atoms with Gasteiger partial charge in [-0.1, -0.05) is 0 Å². The zero-order valence-electron chi connectivity index (χ0n) is 17.0. The maximum atomic E-state index is 12.7. The van der Waals surface area contributed by atoms with E-state index in [1.165, 1.54) is 42.5 Å². The summed E-state index contributed by atoms with van der Waals surface area (Å²) >= 11 is 1.85. The number of nitrogens with one attached hydrogen (secondary N) is 2. The largest absolute Gasteiger partial charge is 0.332 e. The maximum Gasteiger partial charge on any atom is 0.321 e. The number of imide groups is 1. The second kappa shape index (κ2) is 6.81. The van der Waals surface area contributed by atoms with Gasteiger partial charge in [0.25, 0.3) is 0 Å². The molecule has 4 bridgehead atoms. The summed E-state index contributed by atoms with van der Waals surface area (Å²) in [6.45, 7) is 1.24. The van der Waals surface area contributed by atoms with Gasteiger partial charge in [-0.25, -0.2) is 4.79 Å². The van der Waals surface area contributed by atoms with Crippen LogP contribution in [0.15, 0.2) is 11.4 Å². The third-order valence-electron chi connectivity index (χ3n) is 8.20. The Hall–Kier alpha value is -1.40. The third-order valence-corrected chi connectivity index (χ3v) is 9.20. The molecule has 156 valence electrons. The molecule has 7 rings (SSSR count). The Bertz CT molecular complexity index is 795. The van der Waals surface area contributed by atoms with E-state index < -0.39 is 0 Å². The normalized spacial score (nSPS) is 37.9. The van der Waals surface area contributed by atoms with Crippen LogP contribution in [-0.4, -0.2) is 35.5 Å². The summed E-state index contributed by atoms with van der Waals surface area (Å²) < 4.78 is 0. The highest BCUT2D eigenvalue weighted by atomic mass is 32.1. The summed E-state index contributed by atoms with van der Waals surface area (Å²) in [5, 5.41) is 8.12. The van der Waals surface area contributed by atoms with Crippen molar-refractivity contribution in [3.63, 3.8) is 0 Å². The van der Waals surface area contributed by atoms with Gasteiger partial charge in [0, 0.05) is 23.0 Å². The number of nitrogens with zero attached hydrogens (tertiary/aromatic N) is 1. The van der Waals surface area contributed by atoms with Crippen LogP contribution in [0.2, 0.25) is 0 Å². The third kappa shape index (κ3) is 3.42. The summed E-state index contributed by atoms with van der Waals surface area (Å²) in [7, 11) is 0. The van der Waals surface area contributed by atoms with Gasteiger partial charge in [-0.3, -0.25) is 15.0 Å². The van der Waals surface area contributed by atoms with Crippen molar-refractivity contribution in [1.82, 2.24) is 15.5 Å². The highest BCUT2D eigenvalue weighted by Gasteiger charge is 2.51. The molecule has 1 atom stereocenters. The number of rotatable bonds is 4. The van der Waals surface area contributed by atoms with Crippen LogP contribution in [0.4, 0.5) is 4.79 Å². The van der Waals surface area contributed by atoms with Crippen LogP contribution in [0.5, 0.6) is 0 Å². The van der Waals surface area contributed by atoms with Gasteiger partial charge in [0.2, 0.25) is 5.91 Å². The molecule has 1 aromatic rings. The van der Waals surface area contributed by atoms with Crippen LogP contribution in [-0.2, 0) is 11.2 Å². The molecule has 0 radical (unpaired) electrons. The summed E-state index contributed by atoms with van der Waals surface area (Å²) in [4.78, 5) is 29.2. The Balaban J connectivity index is 1.08. The lowest BCUT2D eigenvalue weighted by Crippen LogP contribution is -2.62.